The Hall–Kier alpha value is -3.10. The van der Waals surface area contributed by atoms with Crippen molar-refractivity contribution in [3.8, 4) is 5.88 Å². The molecule has 3 aromatic heterocycles. The van der Waals surface area contributed by atoms with Crippen LogP contribution in [0.5, 0.6) is 5.88 Å². The summed E-state index contributed by atoms with van der Waals surface area (Å²) in [5, 5.41) is 10.4. The molecule has 0 aliphatic heterocycles. The molecule has 0 atom stereocenters. The lowest BCUT2D eigenvalue weighted by Gasteiger charge is -2.15. The minimum atomic E-state index is -1.20. The van der Waals surface area contributed by atoms with Crippen LogP contribution < -0.4 is 15.4 Å². The summed E-state index contributed by atoms with van der Waals surface area (Å²) in [6.45, 7) is 13.5. The number of carbonyl (C=O) groups excluding carboxylic acids is 1. The third kappa shape index (κ3) is 16.4. The molecular weight excluding hydrogens is 680 g/mol. The lowest BCUT2D eigenvalue weighted by atomic mass is 10.4. The van der Waals surface area contributed by atoms with Crippen molar-refractivity contribution in [2.45, 2.75) is 32.2 Å². The highest BCUT2D eigenvalue weighted by atomic mass is 35.5. The summed E-state index contributed by atoms with van der Waals surface area (Å²) >= 11 is 6.10. The molecule has 276 valence electrons. The van der Waals surface area contributed by atoms with Crippen LogP contribution in [0.25, 0.3) is 11.2 Å². The van der Waals surface area contributed by atoms with E-state index in [0.29, 0.717) is 128 Å². The average Bonchev–Trinajstić information content (AvgIpc) is 3.63. The third-order valence-corrected chi connectivity index (χ3v) is 8.51. The molecule has 3 aromatic rings. The number of imidazole rings is 1. The van der Waals surface area contributed by atoms with Crippen LogP contribution in [0, 0.1) is 0 Å². The minimum Gasteiger partial charge on any atom is -0.478 e. The SMILES string of the molecule is COc1nn(CCOCCOCCOCCOCCOCCOCCNC(=O)OCC[Si](C)(C)C)cc1Nc1nc(Cl)nc2c1ncn2C. The molecule has 3 heterocycles. The first-order valence-electron chi connectivity index (χ1n) is 16.3. The molecule has 0 aliphatic rings. The van der Waals surface area contributed by atoms with E-state index in [1.54, 1.807) is 28.9 Å². The van der Waals surface area contributed by atoms with Crippen molar-refractivity contribution >= 4 is 48.4 Å². The fourth-order valence-corrected chi connectivity index (χ4v) is 4.91. The number of hydrogen-bond donors (Lipinski definition) is 2. The van der Waals surface area contributed by atoms with Gasteiger partial charge in [0.05, 0.1) is 112 Å². The second-order valence-corrected chi connectivity index (χ2v) is 17.8. The number of anilines is 2. The van der Waals surface area contributed by atoms with Crippen molar-refractivity contribution in [2.24, 2.45) is 7.05 Å². The molecule has 0 saturated carbocycles. The lowest BCUT2D eigenvalue weighted by Crippen LogP contribution is -2.30. The van der Waals surface area contributed by atoms with Gasteiger partial charge in [0.1, 0.15) is 5.69 Å². The Morgan fingerprint density at radius 3 is 1.98 bits per heavy atom. The number of methoxy groups -OCH3 is 1. The zero-order valence-electron chi connectivity index (χ0n) is 29.2. The fraction of sp³-hybridized carbons (Fsp3) is 0.700. The van der Waals surface area contributed by atoms with Crippen LogP contribution in [0.2, 0.25) is 31.0 Å². The standard InChI is InChI=1S/C30H51ClN8O9Si/c1-38-23-33-25-26(35-29(31)36-27(25)38)34-24-22-39(37-28(24)41-2)7-9-43-11-13-45-15-17-47-19-18-46-16-14-44-12-10-42-8-6-32-30(40)48-20-21-49(3,4)5/h22-23H,6-21H2,1-5H3,(H,32,40)(H,34,35,36). The van der Waals surface area contributed by atoms with Crippen LogP contribution in [-0.2, 0) is 46.8 Å². The van der Waals surface area contributed by atoms with E-state index in [0.717, 1.165) is 6.04 Å². The Labute approximate surface area is 293 Å². The summed E-state index contributed by atoms with van der Waals surface area (Å²) in [5.41, 5.74) is 1.80. The second-order valence-electron chi connectivity index (χ2n) is 11.9. The van der Waals surface area contributed by atoms with Gasteiger partial charge in [0.25, 0.3) is 5.88 Å². The van der Waals surface area contributed by atoms with Crippen LogP contribution in [0.4, 0.5) is 16.3 Å². The predicted molar refractivity (Wildman–Crippen MR) is 186 cm³/mol. The maximum absolute atomic E-state index is 11.6. The molecule has 0 bridgehead atoms. The van der Waals surface area contributed by atoms with Gasteiger partial charge in [-0.15, -0.1) is 5.10 Å². The molecule has 0 aromatic carbocycles. The number of fused-ring (bicyclic) bond motifs is 1. The van der Waals surface area contributed by atoms with Crippen molar-refractivity contribution in [1.82, 2.24) is 34.6 Å². The van der Waals surface area contributed by atoms with Crippen LogP contribution in [0.1, 0.15) is 0 Å². The Morgan fingerprint density at radius 2 is 1.41 bits per heavy atom. The number of aromatic nitrogens is 6. The van der Waals surface area contributed by atoms with Crippen molar-refractivity contribution in [3.05, 3.63) is 17.8 Å². The number of carbonyl (C=O) groups is 1. The maximum Gasteiger partial charge on any atom is 0.407 e. The van der Waals surface area contributed by atoms with E-state index in [9.17, 15) is 4.79 Å². The first kappa shape index (κ1) is 40.3. The van der Waals surface area contributed by atoms with E-state index in [4.69, 9.17) is 49.5 Å². The molecule has 0 fully saturated rings. The third-order valence-electron chi connectivity index (χ3n) is 6.63. The van der Waals surface area contributed by atoms with Gasteiger partial charge in [-0.25, -0.2) is 9.78 Å². The number of alkyl carbamates (subject to hydrolysis) is 1. The van der Waals surface area contributed by atoms with Crippen LogP contribution in [-0.4, -0.2) is 143 Å². The highest BCUT2D eigenvalue weighted by molar-refractivity contribution is 6.76. The lowest BCUT2D eigenvalue weighted by molar-refractivity contribution is -0.0169. The van der Waals surface area contributed by atoms with Gasteiger partial charge in [-0.1, -0.05) is 19.6 Å². The summed E-state index contributed by atoms with van der Waals surface area (Å²) in [7, 11) is 2.17. The largest absolute Gasteiger partial charge is 0.478 e. The first-order chi connectivity index (χ1) is 23.7. The number of hydrogen-bond acceptors (Lipinski definition) is 14. The Bertz CT molecular complexity index is 1380. The molecule has 17 nitrogen and oxygen atoms in total. The van der Waals surface area contributed by atoms with Gasteiger partial charge in [-0.05, 0) is 17.6 Å². The minimum absolute atomic E-state index is 0.105. The molecule has 0 radical (unpaired) electrons. The second kappa shape index (κ2) is 22.6. The quantitative estimate of drug-likeness (QED) is 0.0665. The van der Waals surface area contributed by atoms with Gasteiger partial charge in [0.15, 0.2) is 17.0 Å². The van der Waals surface area contributed by atoms with E-state index in [-0.39, 0.29) is 5.28 Å². The van der Waals surface area contributed by atoms with Gasteiger partial charge in [0.2, 0.25) is 5.28 Å². The van der Waals surface area contributed by atoms with Gasteiger partial charge < -0.3 is 53.1 Å². The summed E-state index contributed by atoms with van der Waals surface area (Å²) in [5.74, 6) is 0.856. The highest BCUT2D eigenvalue weighted by Crippen LogP contribution is 2.29. The predicted octanol–water partition coefficient (Wildman–Crippen LogP) is 3.13. The molecule has 0 saturated heterocycles. The van der Waals surface area contributed by atoms with E-state index >= 15 is 0 Å². The van der Waals surface area contributed by atoms with Crippen molar-refractivity contribution in [2.75, 3.05) is 105 Å². The van der Waals surface area contributed by atoms with Gasteiger partial charge in [-0.3, -0.25) is 4.68 Å². The number of rotatable bonds is 27. The number of nitrogens with zero attached hydrogens (tertiary/aromatic N) is 6. The number of nitrogens with one attached hydrogen (secondary N) is 2. The first-order valence-corrected chi connectivity index (χ1v) is 20.3. The summed E-state index contributed by atoms with van der Waals surface area (Å²) < 4.78 is 47.2. The summed E-state index contributed by atoms with van der Waals surface area (Å²) in [6.07, 6.45) is 3.04. The number of amides is 1. The molecule has 0 unspecified atom stereocenters. The van der Waals surface area contributed by atoms with E-state index < -0.39 is 14.2 Å². The number of ether oxygens (including phenoxy) is 8. The van der Waals surface area contributed by atoms with Crippen LogP contribution in [0.3, 0.4) is 0 Å². The van der Waals surface area contributed by atoms with Crippen LogP contribution >= 0.6 is 11.6 Å². The molecule has 1 amide bonds. The van der Waals surface area contributed by atoms with E-state index in [1.807, 2.05) is 7.05 Å². The topological polar surface area (TPSA) is 176 Å². The number of aryl methyl sites for hydroxylation is 1. The van der Waals surface area contributed by atoms with Gasteiger partial charge >= 0.3 is 6.09 Å². The fourth-order valence-electron chi connectivity index (χ4n) is 4.04. The van der Waals surface area contributed by atoms with Gasteiger partial charge in [0, 0.05) is 21.7 Å². The molecule has 0 spiro atoms. The number of halogens is 1. The monoisotopic (exact) mass is 730 g/mol. The van der Waals surface area contributed by atoms with E-state index in [2.05, 4.69) is 50.3 Å². The Kier molecular flexibility index (Phi) is 18.6. The summed E-state index contributed by atoms with van der Waals surface area (Å²) in [6, 6.07) is 0.952. The smallest absolute Gasteiger partial charge is 0.407 e. The Balaban J connectivity index is 1.08. The van der Waals surface area contributed by atoms with Crippen LogP contribution in [0.15, 0.2) is 12.5 Å². The highest BCUT2D eigenvalue weighted by Gasteiger charge is 2.16. The Morgan fingerprint density at radius 1 is 0.837 bits per heavy atom. The molecule has 2 N–H and O–H groups in total. The van der Waals surface area contributed by atoms with Gasteiger partial charge in [-0.2, -0.15) is 9.97 Å². The average molecular weight is 731 g/mol. The van der Waals surface area contributed by atoms with Crippen molar-refractivity contribution in [1.29, 1.82) is 0 Å². The summed E-state index contributed by atoms with van der Waals surface area (Å²) in [4.78, 5) is 24.4. The molecular formula is C30H51ClN8O9Si. The molecule has 0 aliphatic carbocycles. The molecule has 49 heavy (non-hydrogen) atoms. The molecule has 19 heteroatoms. The normalized spacial score (nSPS) is 11.7. The van der Waals surface area contributed by atoms with E-state index in [1.165, 1.54) is 0 Å². The van der Waals surface area contributed by atoms with Crippen molar-refractivity contribution in [3.63, 3.8) is 0 Å². The zero-order chi connectivity index (χ0) is 35.3. The zero-order valence-corrected chi connectivity index (χ0v) is 31.0. The maximum atomic E-state index is 11.6. The van der Waals surface area contributed by atoms with Crippen molar-refractivity contribution < 1.29 is 42.7 Å². The molecule has 3 rings (SSSR count).